The summed E-state index contributed by atoms with van der Waals surface area (Å²) < 4.78 is 5.50. The van der Waals surface area contributed by atoms with E-state index in [0.29, 0.717) is 6.54 Å². The van der Waals surface area contributed by atoms with E-state index in [-0.39, 0.29) is 0 Å². The molecule has 0 unspecified atom stereocenters. The molecule has 0 amide bonds. The van der Waals surface area contributed by atoms with Crippen LogP contribution in [0.3, 0.4) is 0 Å². The van der Waals surface area contributed by atoms with E-state index < -0.39 is 0 Å². The number of rotatable bonds is 3. The maximum atomic E-state index is 5.50. The Morgan fingerprint density at radius 2 is 2.15 bits per heavy atom. The Kier molecular flexibility index (Phi) is 2.27. The van der Waals surface area contributed by atoms with Gasteiger partial charge in [0.1, 0.15) is 5.52 Å². The maximum absolute atomic E-state index is 5.50. The van der Waals surface area contributed by atoms with Gasteiger partial charge in [0, 0.05) is 6.42 Å². The summed E-state index contributed by atoms with van der Waals surface area (Å²) in [6.45, 7) is 0.679. The van der Waals surface area contributed by atoms with Gasteiger partial charge in [0.2, 0.25) is 0 Å². The molecule has 0 saturated carbocycles. The first-order valence-corrected chi connectivity index (χ1v) is 4.44. The van der Waals surface area contributed by atoms with Crippen LogP contribution in [0, 0.1) is 0 Å². The summed E-state index contributed by atoms with van der Waals surface area (Å²) in [6.07, 6.45) is 1.75. The van der Waals surface area contributed by atoms with E-state index in [1.807, 2.05) is 24.3 Å². The van der Waals surface area contributed by atoms with Crippen LogP contribution < -0.4 is 5.73 Å². The van der Waals surface area contributed by atoms with E-state index >= 15 is 0 Å². The van der Waals surface area contributed by atoms with E-state index in [1.54, 1.807) is 0 Å². The van der Waals surface area contributed by atoms with E-state index in [4.69, 9.17) is 10.2 Å². The second kappa shape index (κ2) is 3.58. The summed E-state index contributed by atoms with van der Waals surface area (Å²) in [5, 5.41) is 0. The van der Waals surface area contributed by atoms with Crippen molar-refractivity contribution >= 4 is 11.1 Å². The van der Waals surface area contributed by atoms with Crippen LogP contribution >= 0.6 is 0 Å². The average molecular weight is 176 g/mol. The second-order valence-electron chi connectivity index (χ2n) is 2.97. The lowest BCUT2D eigenvalue weighted by Crippen LogP contribution is -2.00. The van der Waals surface area contributed by atoms with Gasteiger partial charge in [-0.05, 0) is 25.1 Å². The predicted molar refractivity (Wildman–Crippen MR) is 51.4 cm³/mol. The minimum atomic E-state index is 0.679. The fourth-order valence-electron chi connectivity index (χ4n) is 1.28. The molecule has 13 heavy (non-hydrogen) atoms. The topological polar surface area (TPSA) is 52.0 Å². The molecular weight excluding hydrogens is 164 g/mol. The number of para-hydroxylation sites is 2. The zero-order valence-corrected chi connectivity index (χ0v) is 7.36. The minimum Gasteiger partial charge on any atom is -0.441 e. The molecule has 0 aliphatic carbocycles. The van der Waals surface area contributed by atoms with Gasteiger partial charge < -0.3 is 10.2 Å². The van der Waals surface area contributed by atoms with Crippen molar-refractivity contribution in [3.05, 3.63) is 30.2 Å². The highest BCUT2D eigenvalue weighted by atomic mass is 16.3. The third-order valence-corrected chi connectivity index (χ3v) is 1.93. The third kappa shape index (κ3) is 1.70. The molecule has 0 radical (unpaired) electrons. The molecule has 0 atom stereocenters. The van der Waals surface area contributed by atoms with Crippen LogP contribution in [0.4, 0.5) is 0 Å². The lowest BCUT2D eigenvalue weighted by molar-refractivity contribution is 0.521. The first-order chi connectivity index (χ1) is 6.40. The standard InChI is InChI=1S/C10H12N2O/c11-7-3-6-10-12-8-4-1-2-5-9(8)13-10/h1-2,4-5H,3,6-7,11H2. The molecule has 0 aliphatic heterocycles. The molecule has 2 aromatic rings. The number of hydrogen-bond donors (Lipinski definition) is 1. The van der Waals surface area contributed by atoms with Gasteiger partial charge >= 0.3 is 0 Å². The molecule has 0 aliphatic rings. The predicted octanol–water partition coefficient (Wildman–Crippen LogP) is 1.72. The van der Waals surface area contributed by atoms with E-state index in [2.05, 4.69) is 4.98 Å². The fraction of sp³-hybridized carbons (Fsp3) is 0.300. The highest BCUT2D eigenvalue weighted by Gasteiger charge is 2.02. The molecule has 3 nitrogen and oxygen atoms in total. The number of aryl methyl sites for hydroxylation is 1. The maximum Gasteiger partial charge on any atom is 0.195 e. The molecule has 0 saturated heterocycles. The summed E-state index contributed by atoms with van der Waals surface area (Å²) >= 11 is 0. The van der Waals surface area contributed by atoms with Crippen molar-refractivity contribution in [3.8, 4) is 0 Å². The number of oxazole rings is 1. The van der Waals surface area contributed by atoms with Crippen LogP contribution in [0.25, 0.3) is 11.1 Å². The van der Waals surface area contributed by atoms with E-state index in [0.717, 1.165) is 29.8 Å². The van der Waals surface area contributed by atoms with Crippen LogP contribution in [0.5, 0.6) is 0 Å². The highest BCUT2D eigenvalue weighted by Crippen LogP contribution is 2.15. The number of nitrogens with two attached hydrogens (primary N) is 1. The molecule has 0 fully saturated rings. The molecule has 68 valence electrons. The molecule has 2 N–H and O–H groups in total. The van der Waals surface area contributed by atoms with Crippen molar-refractivity contribution in [2.75, 3.05) is 6.54 Å². The van der Waals surface area contributed by atoms with Gasteiger partial charge in [-0.1, -0.05) is 12.1 Å². The second-order valence-corrected chi connectivity index (χ2v) is 2.97. The van der Waals surface area contributed by atoms with Gasteiger partial charge in [0.15, 0.2) is 11.5 Å². The summed E-state index contributed by atoms with van der Waals surface area (Å²) in [5.74, 6) is 0.784. The van der Waals surface area contributed by atoms with Crippen LogP contribution in [0.15, 0.2) is 28.7 Å². The average Bonchev–Trinajstić information content (AvgIpc) is 2.57. The van der Waals surface area contributed by atoms with Gasteiger partial charge in [0.25, 0.3) is 0 Å². The number of hydrogen-bond acceptors (Lipinski definition) is 3. The molecule has 2 rings (SSSR count). The number of nitrogens with zero attached hydrogens (tertiary/aromatic N) is 1. The smallest absolute Gasteiger partial charge is 0.195 e. The van der Waals surface area contributed by atoms with Gasteiger partial charge in [0.05, 0.1) is 0 Å². The van der Waals surface area contributed by atoms with Gasteiger partial charge in [-0.25, -0.2) is 4.98 Å². The molecule has 1 heterocycles. The van der Waals surface area contributed by atoms with Gasteiger partial charge in [-0.15, -0.1) is 0 Å². The Hall–Kier alpha value is -1.35. The number of fused-ring (bicyclic) bond motifs is 1. The molecule has 0 bridgehead atoms. The fourth-order valence-corrected chi connectivity index (χ4v) is 1.28. The summed E-state index contributed by atoms with van der Waals surface area (Å²) in [7, 11) is 0. The van der Waals surface area contributed by atoms with Crippen molar-refractivity contribution in [1.82, 2.24) is 4.98 Å². The SMILES string of the molecule is NCCCc1nc2ccccc2o1. The molecule has 1 aromatic carbocycles. The van der Waals surface area contributed by atoms with Crippen LogP contribution in [-0.4, -0.2) is 11.5 Å². The van der Waals surface area contributed by atoms with Crippen LogP contribution in [-0.2, 0) is 6.42 Å². The Balaban J connectivity index is 2.28. The Labute approximate surface area is 76.6 Å². The molecule has 3 heteroatoms. The van der Waals surface area contributed by atoms with E-state index in [9.17, 15) is 0 Å². The monoisotopic (exact) mass is 176 g/mol. The lowest BCUT2D eigenvalue weighted by atomic mass is 10.3. The normalized spacial score (nSPS) is 10.8. The van der Waals surface area contributed by atoms with Gasteiger partial charge in [-0.3, -0.25) is 0 Å². The lowest BCUT2D eigenvalue weighted by Gasteiger charge is -1.89. The largest absolute Gasteiger partial charge is 0.441 e. The minimum absolute atomic E-state index is 0.679. The van der Waals surface area contributed by atoms with Crippen molar-refractivity contribution in [2.45, 2.75) is 12.8 Å². The molecule has 0 spiro atoms. The first kappa shape index (κ1) is 8.26. The number of aromatic nitrogens is 1. The van der Waals surface area contributed by atoms with Crippen LogP contribution in [0.1, 0.15) is 12.3 Å². The molecular formula is C10H12N2O. The van der Waals surface area contributed by atoms with Crippen molar-refractivity contribution < 1.29 is 4.42 Å². The Morgan fingerprint density at radius 1 is 1.31 bits per heavy atom. The third-order valence-electron chi connectivity index (χ3n) is 1.93. The quantitative estimate of drug-likeness (QED) is 0.774. The highest BCUT2D eigenvalue weighted by molar-refractivity contribution is 5.72. The Morgan fingerprint density at radius 3 is 2.92 bits per heavy atom. The molecule has 1 aromatic heterocycles. The number of benzene rings is 1. The Bertz CT molecular complexity index is 361. The zero-order valence-electron chi connectivity index (χ0n) is 7.36. The zero-order chi connectivity index (χ0) is 9.10. The first-order valence-electron chi connectivity index (χ1n) is 4.44. The van der Waals surface area contributed by atoms with E-state index in [1.165, 1.54) is 0 Å². The van der Waals surface area contributed by atoms with Gasteiger partial charge in [-0.2, -0.15) is 0 Å². The van der Waals surface area contributed by atoms with Crippen molar-refractivity contribution in [3.63, 3.8) is 0 Å². The van der Waals surface area contributed by atoms with Crippen molar-refractivity contribution in [2.24, 2.45) is 5.73 Å². The summed E-state index contributed by atoms with van der Waals surface area (Å²) in [4.78, 5) is 4.33. The van der Waals surface area contributed by atoms with Crippen LogP contribution in [0.2, 0.25) is 0 Å². The van der Waals surface area contributed by atoms with Crippen molar-refractivity contribution in [1.29, 1.82) is 0 Å². The summed E-state index contributed by atoms with van der Waals surface area (Å²) in [5.41, 5.74) is 7.18. The summed E-state index contributed by atoms with van der Waals surface area (Å²) in [6, 6.07) is 7.77.